The number of carbonyl (C=O) groups excluding carboxylic acids is 3. The topological polar surface area (TPSA) is 102 Å². The Hall–Kier alpha value is -3.49. The molecule has 1 aromatic heterocycles. The summed E-state index contributed by atoms with van der Waals surface area (Å²) in [6, 6.07) is 7.60. The molecule has 2 aromatic rings. The third kappa shape index (κ3) is 4.87. The van der Waals surface area contributed by atoms with E-state index in [0.29, 0.717) is 30.2 Å². The number of urea groups is 1. The first kappa shape index (κ1) is 20.2. The molecule has 3 rings (SSSR count). The number of ether oxygens (including phenoxy) is 2. The van der Waals surface area contributed by atoms with Gasteiger partial charge in [0.25, 0.3) is 5.91 Å². The van der Waals surface area contributed by atoms with Crippen molar-refractivity contribution in [2.45, 2.75) is 25.6 Å². The smallest absolute Gasteiger partial charge is 0.325 e. The number of hydrogen-bond acceptors (Lipinski definition) is 5. The molecule has 0 bridgehead atoms. The fourth-order valence-corrected chi connectivity index (χ4v) is 3.13. The van der Waals surface area contributed by atoms with Crippen molar-refractivity contribution in [3.8, 4) is 11.5 Å². The first-order valence-corrected chi connectivity index (χ1v) is 9.22. The molecule has 0 radical (unpaired) electrons. The lowest BCUT2D eigenvalue weighted by molar-refractivity contribution is -0.131. The van der Waals surface area contributed by atoms with E-state index in [9.17, 15) is 14.4 Å². The second kappa shape index (κ2) is 9.13. The van der Waals surface area contributed by atoms with Gasteiger partial charge in [-0.25, -0.2) is 4.79 Å². The number of rotatable bonds is 9. The molecule has 0 aliphatic carbocycles. The molecule has 1 saturated heterocycles. The van der Waals surface area contributed by atoms with E-state index < -0.39 is 18.0 Å². The van der Waals surface area contributed by atoms with Gasteiger partial charge in [0.15, 0.2) is 11.5 Å². The molecule has 9 nitrogen and oxygen atoms in total. The van der Waals surface area contributed by atoms with Gasteiger partial charge in [-0.05, 0) is 29.8 Å². The minimum Gasteiger partial charge on any atom is -0.493 e. The number of imide groups is 1. The Morgan fingerprint density at radius 3 is 2.55 bits per heavy atom. The first-order valence-electron chi connectivity index (χ1n) is 9.22. The van der Waals surface area contributed by atoms with E-state index in [1.165, 1.54) is 14.2 Å². The molecule has 1 aliphatic heterocycles. The predicted octanol–water partition coefficient (Wildman–Crippen LogP) is 1.13. The van der Waals surface area contributed by atoms with Crippen molar-refractivity contribution in [3.63, 3.8) is 0 Å². The molecule has 4 amide bonds. The molecule has 1 aromatic carbocycles. The molecule has 1 fully saturated rings. The highest BCUT2D eigenvalue weighted by atomic mass is 16.5. The molecule has 154 valence electrons. The molecular weight excluding hydrogens is 376 g/mol. The number of amides is 4. The van der Waals surface area contributed by atoms with Crippen LogP contribution in [-0.4, -0.2) is 54.1 Å². The van der Waals surface area contributed by atoms with Gasteiger partial charge in [-0.1, -0.05) is 6.07 Å². The summed E-state index contributed by atoms with van der Waals surface area (Å²) >= 11 is 0. The number of hydrogen-bond donors (Lipinski definition) is 2. The minimum absolute atomic E-state index is 0.0801. The molecule has 9 heteroatoms. The van der Waals surface area contributed by atoms with Crippen molar-refractivity contribution in [3.05, 3.63) is 48.3 Å². The van der Waals surface area contributed by atoms with E-state index in [1.807, 2.05) is 29.1 Å². The van der Waals surface area contributed by atoms with E-state index in [2.05, 4.69) is 10.6 Å². The van der Waals surface area contributed by atoms with Crippen molar-refractivity contribution >= 4 is 17.8 Å². The lowest BCUT2D eigenvalue weighted by Gasteiger charge is -2.15. The second-order valence-corrected chi connectivity index (χ2v) is 6.59. The maximum Gasteiger partial charge on any atom is 0.325 e. The summed E-state index contributed by atoms with van der Waals surface area (Å²) in [5.41, 5.74) is 0.711. The Morgan fingerprint density at radius 1 is 1.14 bits per heavy atom. The largest absolute Gasteiger partial charge is 0.493 e. The van der Waals surface area contributed by atoms with Crippen LogP contribution in [0.2, 0.25) is 0 Å². The van der Waals surface area contributed by atoms with E-state index in [4.69, 9.17) is 9.47 Å². The van der Waals surface area contributed by atoms with Gasteiger partial charge < -0.3 is 24.7 Å². The Labute approximate surface area is 168 Å². The zero-order valence-electron chi connectivity index (χ0n) is 16.4. The fourth-order valence-electron chi connectivity index (χ4n) is 3.13. The van der Waals surface area contributed by atoms with Crippen molar-refractivity contribution in [2.24, 2.45) is 0 Å². The Kier molecular flexibility index (Phi) is 6.38. The number of benzene rings is 1. The molecule has 1 unspecified atom stereocenters. The second-order valence-electron chi connectivity index (χ2n) is 6.59. The quantitative estimate of drug-likeness (QED) is 0.615. The Balaban J connectivity index is 1.54. The summed E-state index contributed by atoms with van der Waals surface area (Å²) in [5.74, 6) is 0.354. The maximum absolute atomic E-state index is 12.6. The molecule has 1 atom stereocenters. The summed E-state index contributed by atoms with van der Waals surface area (Å²) < 4.78 is 12.4. The van der Waals surface area contributed by atoms with Crippen molar-refractivity contribution in [2.75, 3.05) is 20.8 Å². The summed E-state index contributed by atoms with van der Waals surface area (Å²) in [6.07, 6.45) is 3.70. The number of nitrogens with zero attached hydrogens (tertiary/aromatic N) is 2. The van der Waals surface area contributed by atoms with Crippen LogP contribution in [0.1, 0.15) is 12.0 Å². The Morgan fingerprint density at radius 2 is 1.86 bits per heavy atom. The number of methoxy groups -OCH3 is 2. The molecule has 29 heavy (non-hydrogen) atoms. The van der Waals surface area contributed by atoms with Crippen LogP contribution >= 0.6 is 0 Å². The molecule has 0 saturated carbocycles. The zero-order valence-corrected chi connectivity index (χ0v) is 16.4. The average molecular weight is 400 g/mol. The SMILES string of the molecule is COc1ccc(CN2C(=O)NC(CC(=O)NCCn3cccc3)C2=O)cc1OC. The van der Waals surface area contributed by atoms with Gasteiger partial charge in [-0.3, -0.25) is 14.5 Å². The van der Waals surface area contributed by atoms with Crippen molar-refractivity contribution in [1.29, 1.82) is 0 Å². The summed E-state index contributed by atoms with van der Waals surface area (Å²) in [5, 5.41) is 5.34. The van der Waals surface area contributed by atoms with E-state index in [1.54, 1.807) is 18.2 Å². The minimum atomic E-state index is -0.866. The van der Waals surface area contributed by atoms with Crippen LogP contribution in [0.15, 0.2) is 42.7 Å². The lowest BCUT2D eigenvalue weighted by Crippen LogP contribution is -2.37. The van der Waals surface area contributed by atoms with Gasteiger partial charge in [-0.15, -0.1) is 0 Å². The lowest BCUT2D eigenvalue weighted by atomic mass is 10.1. The van der Waals surface area contributed by atoms with E-state index in [-0.39, 0.29) is 18.9 Å². The molecular formula is C20H24N4O5. The summed E-state index contributed by atoms with van der Waals surface area (Å²) in [4.78, 5) is 38.0. The molecule has 2 heterocycles. The zero-order chi connectivity index (χ0) is 20.8. The summed E-state index contributed by atoms with van der Waals surface area (Å²) in [7, 11) is 3.05. The van der Waals surface area contributed by atoms with Gasteiger partial charge in [-0.2, -0.15) is 0 Å². The monoisotopic (exact) mass is 400 g/mol. The molecule has 2 N–H and O–H groups in total. The van der Waals surface area contributed by atoms with Crippen molar-refractivity contribution in [1.82, 2.24) is 20.1 Å². The van der Waals surface area contributed by atoms with Gasteiger partial charge in [0, 0.05) is 25.5 Å². The molecule has 1 aliphatic rings. The van der Waals surface area contributed by atoms with Crippen LogP contribution in [0.4, 0.5) is 4.79 Å². The van der Waals surface area contributed by atoms with Crippen LogP contribution < -0.4 is 20.1 Å². The van der Waals surface area contributed by atoms with Gasteiger partial charge >= 0.3 is 6.03 Å². The van der Waals surface area contributed by atoms with E-state index >= 15 is 0 Å². The third-order valence-corrected chi connectivity index (χ3v) is 4.64. The highest BCUT2D eigenvalue weighted by molar-refractivity contribution is 6.05. The fraction of sp³-hybridized carbons (Fsp3) is 0.350. The number of carbonyl (C=O) groups is 3. The van der Waals surface area contributed by atoms with E-state index in [0.717, 1.165) is 4.90 Å². The predicted molar refractivity (Wildman–Crippen MR) is 104 cm³/mol. The Bertz CT molecular complexity index is 881. The van der Waals surface area contributed by atoms with Crippen LogP contribution in [0.25, 0.3) is 0 Å². The first-order chi connectivity index (χ1) is 14.0. The molecule has 0 spiro atoms. The van der Waals surface area contributed by atoms with Crippen LogP contribution in [-0.2, 0) is 22.7 Å². The van der Waals surface area contributed by atoms with Crippen LogP contribution in [0.5, 0.6) is 11.5 Å². The highest BCUT2D eigenvalue weighted by Gasteiger charge is 2.39. The summed E-state index contributed by atoms with van der Waals surface area (Å²) in [6.45, 7) is 1.16. The van der Waals surface area contributed by atoms with Crippen LogP contribution in [0, 0.1) is 0 Å². The number of aromatic nitrogens is 1. The van der Waals surface area contributed by atoms with Crippen LogP contribution in [0.3, 0.4) is 0 Å². The van der Waals surface area contributed by atoms with Gasteiger partial charge in [0.1, 0.15) is 6.04 Å². The van der Waals surface area contributed by atoms with Gasteiger partial charge in [0.2, 0.25) is 5.91 Å². The highest BCUT2D eigenvalue weighted by Crippen LogP contribution is 2.28. The maximum atomic E-state index is 12.6. The normalized spacial score (nSPS) is 15.9. The standard InChI is InChI=1S/C20H24N4O5/c1-28-16-6-5-14(11-17(16)29-2)13-24-19(26)15(22-20(24)27)12-18(25)21-7-10-23-8-3-4-9-23/h3-6,8-9,11,15H,7,10,12-13H2,1-2H3,(H,21,25)(H,22,27). The van der Waals surface area contributed by atoms with Crippen molar-refractivity contribution < 1.29 is 23.9 Å². The van der Waals surface area contributed by atoms with Gasteiger partial charge in [0.05, 0.1) is 27.2 Å². The number of nitrogens with one attached hydrogen (secondary N) is 2. The third-order valence-electron chi connectivity index (χ3n) is 4.64. The average Bonchev–Trinajstić information content (AvgIpc) is 3.32.